The van der Waals surface area contributed by atoms with Crippen molar-refractivity contribution >= 4 is 16.9 Å². The molecule has 2 fully saturated rings. The maximum Gasteiger partial charge on any atom is 0.308 e. The number of ether oxygens (including phenoxy) is 3. The van der Waals surface area contributed by atoms with Crippen molar-refractivity contribution in [2.75, 3.05) is 21.0 Å². The molecule has 0 radical (unpaired) electrons. The molecule has 0 unspecified atom stereocenters. The summed E-state index contributed by atoms with van der Waals surface area (Å²) >= 11 is 0. The van der Waals surface area contributed by atoms with Crippen LogP contribution in [0.15, 0.2) is 48.5 Å². The molecule has 0 saturated heterocycles. The van der Waals surface area contributed by atoms with E-state index in [1.165, 1.54) is 12.7 Å². The number of esters is 1. The molecule has 160 valence electrons. The molecule has 2 aliphatic rings. The van der Waals surface area contributed by atoms with Crippen LogP contribution in [-0.2, 0) is 14.3 Å². The van der Waals surface area contributed by atoms with Gasteiger partial charge in [-0.1, -0.05) is 24.3 Å². The van der Waals surface area contributed by atoms with E-state index < -0.39 is 0 Å². The maximum atomic E-state index is 11.7. The van der Waals surface area contributed by atoms with E-state index in [1.807, 2.05) is 24.3 Å². The van der Waals surface area contributed by atoms with Gasteiger partial charge in [0.1, 0.15) is 5.75 Å². The topological polar surface area (TPSA) is 70.5 Å². The summed E-state index contributed by atoms with van der Waals surface area (Å²) in [4.78, 5) is 11.7. The molecule has 0 N–H and O–H groups in total. The average molecular weight is 418 g/mol. The molecule has 1 aromatic heterocycles. The van der Waals surface area contributed by atoms with Crippen molar-refractivity contribution in [1.29, 1.82) is 0 Å². The van der Waals surface area contributed by atoms with E-state index in [9.17, 15) is 4.79 Å². The number of hydrogen-bond donors (Lipinski definition) is 0. The van der Waals surface area contributed by atoms with E-state index in [2.05, 4.69) is 34.5 Å². The van der Waals surface area contributed by atoms with Gasteiger partial charge in [-0.2, -0.15) is 0 Å². The molecule has 0 aliphatic heterocycles. The molecule has 2 aromatic carbocycles. The van der Waals surface area contributed by atoms with Gasteiger partial charge in [0.2, 0.25) is 0 Å². The van der Waals surface area contributed by atoms with Crippen LogP contribution in [0.1, 0.15) is 37.2 Å². The van der Waals surface area contributed by atoms with Gasteiger partial charge in [-0.05, 0) is 66.8 Å². The number of nitrogens with zero attached hydrogens (tertiary/aromatic N) is 2. The first-order valence-electron chi connectivity index (χ1n) is 10.7. The second kappa shape index (κ2) is 7.93. The number of benzene rings is 2. The normalized spacial score (nSPS) is 24.5. The Balaban J connectivity index is 1.31. The summed E-state index contributed by atoms with van der Waals surface area (Å²) < 4.78 is 15.6. The van der Waals surface area contributed by atoms with Gasteiger partial charge < -0.3 is 14.2 Å². The Morgan fingerprint density at radius 2 is 1.84 bits per heavy atom. The van der Waals surface area contributed by atoms with Gasteiger partial charge in [0, 0.05) is 18.1 Å². The van der Waals surface area contributed by atoms with Crippen LogP contribution in [0.2, 0.25) is 0 Å². The summed E-state index contributed by atoms with van der Waals surface area (Å²) in [5.41, 5.74) is 4.23. The molecule has 1 heterocycles. The lowest BCUT2D eigenvalue weighted by Crippen LogP contribution is -2.49. The second-order valence-electron chi connectivity index (χ2n) is 8.83. The van der Waals surface area contributed by atoms with Crippen molar-refractivity contribution in [3.63, 3.8) is 0 Å². The fourth-order valence-electron chi connectivity index (χ4n) is 5.24. The number of carbonyl (C=O) groups is 1. The number of rotatable bonds is 6. The zero-order valence-corrected chi connectivity index (χ0v) is 17.8. The van der Waals surface area contributed by atoms with E-state index in [4.69, 9.17) is 14.2 Å². The Bertz CT molecular complexity index is 1120. The predicted molar refractivity (Wildman–Crippen MR) is 117 cm³/mol. The van der Waals surface area contributed by atoms with Gasteiger partial charge in [0.05, 0.1) is 24.2 Å². The molecule has 2 aliphatic carbocycles. The number of hydrogen-bond acceptors (Lipinski definition) is 6. The minimum absolute atomic E-state index is 0.0555. The Labute approximate surface area is 181 Å². The summed E-state index contributed by atoms with van der Waals surface area (Å²) in [7, 11) is 3.08. The van der Waals surface area contributed by atoms with Crippen LogP contribution in [-0.4, -0.2) is 37.2 Å². The minimum atomic E-state index is -0.0555. The van der Waals surface area contributed by atoms with Crippen LogP contribution in [0, 0.1) is 11.3 Å². The van der Waals surface area contributed by atoms with Gasteiger partial charge >= 0.3 is 5.97 Å². The molecule has 1 spiro atoms. The monoisotopic (exact) mass is 418 g/mol. The van der Waals surface area contributed by atoms with Crippen molar-refractivity contribution in [3.8, 4) is 17.0 Å². The van der Waals surface area contributed by atoms with Gasteiger partial charge in [-0.15, -0.1) is 10.2 Å². The second-order valence-corrected chi connectivity index (χ2v) is 8.83. The molecule has 3 aromatic rings. The van der Waals surface area contributed by atoms with Crippen LogP contribution in [0.5, 0.6) is 5.75 Å². The average Bonchev–Trinajstić information content (AvgIpc) is 2.75. The highest BCUT2D eigenvalue weighted by Gasteiger charge is 2.55. The summed E-state index contributed by atoms with van der Waals surface area (Å²) in [5.74, 6) is 1.30. The number of aromatic nitrogens is 2. The molecule has 0 bridgehead atoms. The van der Waals surface area contributed by atoms with Gasteiger partial charge in [0.25, 0.3) is 0 Å². The third kappa shape index (κ3) is 3.65. The number of carbonyl (C=O) groups excluding carboxylic acids is 1. The summed E-state index contributed by atoms with van der Waals surface area (Å²) in [6, 6.07) is 16.3. The lowest BCUT2D eigenvalue weighted by atomic mass is 9.47. The molecule has 6 heteroatoms. The zero-order chi connectivity index (χ0) is 21.4. The first kappa shape index (κ1) is 19.9. The van der Waals surface area contributed by atoms with Crippen molar-refractivity contribution in [2.24, 2.45) is 11.3 Å². The number of para-hydroxylation sites is 1. The Morgan fingerprint density at radius 1 is 1.03 bits per heavy atom. The van der Waals surface area contributed by atoms with E-state index in [1.54, 1.807) is 7.11 Å². The minimum Gasteiger partial charge on any atom is -0.469 e. The smallest absolute Gasteiger partial charge is 0.308 e. The third-order valence-electron chi connectivity index (χ3n) is 6.83. The van der Waals surface area contributed by atoms with E-state index >= 15 is 0 Å². The van der Waals surface area contributed by atoms with Crippen LogP contribution in [0.4, 0.5) is 0 Å². The third-order valence-corrected chi connectivity index (χ3v) is 6.83. The Kier molecular flexibility index (Phi) is 5.10. The first-order chi connectivity index (χ1) is 15.1. The van der Waals surface area contributed by atoms with Crippen molar-refractivity contribution in [2.45, 2.75) is 31.6 Å². The molecule has 5 rings (SSSR count). The highest BCUT2D eigenvalue weighted by atomic mass is 16.7. The predicted octanol–water partition coefficient (Wildman–Crippen LogP) is 4.73. The molecular weight excluding hydrogens is 392 g/mol. The van der Waals surface area contributed by atoms with E-state index in [0.717, 1.165) is 53.6 Å². The van der Waals surface area contributed by atoms with Crippen LogP contribution in [0.25, 0.3) is 22.2 Å². The van der Waals surface area contributed by atoms with Gasteiger partial charge in [0.15, 0.2) is 6.79 Å². The highest BCUT2D eigenvalue weighted by molar-refractivity contribution is 5.83. The van der Waals surface area contributed by atoms with Crippen LogP contribution < -0.4 is 4.74 Å². The van der Waals surface area contributed by atoms with E-state index in [0.29, 0.717) is 11.3 Å². The highest BCUT2D eigenvalue weighted by Crippen LogP contribution is 2.64. The lowest BCUT2D eigenvalue weighted by molar-refractivity contribution is -0.159. The molecule has 31 heavy (non-hydrogen) atoms. The fraction of sp³-hybridized carbons (Fsp3) is 0.400. The van der Waals surface area contributed by atoms with E-state index in [-0.39, 0.29) is 18.7 Å². The summed E-state index contributed by atoms with van der Waals surface area (Å²) in [6.45, 7) is 0.185. The standard InChI is InChI=1S/C25H26N2O4/c1-29-15-31-23-6-4-3-5-20(23)22-10-17-8-7-16(9-21(17)26-27-22)18-11-25(12-18)13-19(14-25)24(28)30-2/h3-10,18-19H,11-15H2,1-2H3. The fourth-order valence-corrected chi connectivity index (χ4v) is 5.24. The summed E-state index contributed by atoms with van der Waals surface area (Å²) in [5, 5.41) is 10.0. The largest absolute Gasteiger partial charge is 0.469 e. The van der Waals surface area contributed by atoms with Crippen LogP contribution >= 0.6 is 0 Å². The van der Waals surface area contributed by atoms with Gasteiger partial charge in [-0.25, -0.2) is 0 Å². The SMILES string of the molecule is COCOc1ccccc1-c1cc2ccc(C3CC4(CC(C(=O)OC)C4)C3)cc2nn1. The summed E-state index contributed by atoms with van der Waals surface area (Å²) in [6.07, 6.45) is 4.22. The van der Waals surface area contributed by atoms with Crippen LogP contribution in [0.3, 0.4) is 0 Å². The van der Waals surface area contributed by atoms with Gasteiger partial charge in [-0.3, -0.25) is 4.79 Å². The number of fused-ring (bicyclic) bond motifs is 1. The molecular formula is C25H26N2O4. The maximum absolute atomic E-state index is 11.7. The lowest BCUT2D eigenvalue weighted by Gasteiger charge is -2.57. The Hall–Kier alpha value is -2.99. The van der Waals surface area contributed by atoms with Crippen molar-refractivity contribution in [1.82, 2.24) is 10.2 Å². The van der Waals surface area contributed by atoms with Crippen molar-refractivity contribution in [3.05, 3.63) is 54.1 Å². The molecule has 2 saturated carbocycles. The Morgan fingerprint density at radius 3 is 2.61 bits per heavy atom. The first-order valence-corrected chi connectivity index (χ1v) is 10.7. The van der Waals surface area contributed by atoms with Crippen molar-refractivity contribution < 1.29 is 19.0 Å². The number of methoxy groups -OCH3 is 2. The quantitative estimate of drug-likeness (QED) is 0.426. The molecule has 0 amide bonds. The molecule has 0 atom stereocenters. The zero-order valence-electron chi connectivity index (χ0n) is 17.8. The molecule has 6 nitrogen and oxygen atoms in total.